The van der Waals surface area contributed by atoms with Gasteiger partial charge in [-0.3, -0.25) is 0 Å². The van der Waals surface area contributed by atoms with Crippen LogP contribution < -0.4 is 15.1 Å². The van der Waals surface area contributed by atoms with Gasteiger partial charge < -0.3 is 15.1 Å². The molecule has 0 atom stereocenters. The average Bonchev–Trinajstić information content (AvgIpc) is 3.14. The van der Waals surface area contributed by atoms with E-state index in [1.54, 1.807) is 0 Å². The minimum absolute atomic E-state index is 0.0469. The number of nitrogens with one attached hydrogen (secondary N) is 1. The van der Waals surface area contributed by atoms with Gasteiger partial charge >= 0.3 is 0 Å². The summed E-state index contributed by atoms with van der Waals surface area (Å²) in [4.78, 5) is 4.58. The van der Waals surface area contributed by atoms with Gasteiger partial charge in [-0.25, -0.2) is 0 Å². The molecule has 0 heterocycles. The van der Waals surface area contributed by atoms with Crippen LogP contribution in [0, 0.1) is 0 Å². The van der Waals surface area contributed by atoms with Crippen molar-refractivity contribution in [2.75, 3.05) is 15.1 Å². The molecule has 7 aromatic carbocycles. The number of rotatable bonds is 10. The van der Waals surface area contributed by atoms with E-state index >= 15 is 0 Å². The number of hydrogen-bond acceptors (Lipinski definition) is 3. The molecule has 1 N–H and O–H groups in total. The minimum Gasteiger partial charge on any atom is -0.374 e. The van der Waals surface area contributed by atoms with Crippen molar-refractivity contribution in [2.24, 2.45) is 0 Å². The fraction of sp³-hybridized carbons (Fsp3) is 0.0233. The number of benzene rings is 7. The third kappa shape index (κ3) is 6.40. The average molecular weight is 594 g/mol. The summed E-state index contributed by atoms with van der Waals surface area (Å²) in [5.41, 5.74) is 10.2. The maximum Gasteiger partial charge on any atom is 0.0767 e. The zero-order valence-electron chi connectivity index (χ0n) is 25.5. The minimum atomic E-state index is -0.0469. The van der Waals surface area contributed by atoms with Crippen LogP contribution in [0.1, 0.15) is 17.2 Å². The monoisotopic (exact) mass is 593 g/mol. The molecule has 0 aliphatic heterocycles. The molecule has 46 heavy (non-hydrogen) atoms. The van der Waals surface area contributed by atoms with Gasteiger partial charge in [0.25, 0.3) is 0 Å². The summed E-state index contributed by atoms with van der Waals surface area (Å²) in [6.45, 7) is 0. The molecule has 0 fully saturated rings. The molecule has 0 spiro atoms. The molecule has 7 rings (SSSR count). The van der Waals surface area contributed by atoms with Crippen LogP contribution in [0.2, 0.25) is 0 Å². The van der Waals surface area contributed by atoms with Crippen LogP contribution in [0.25, 0.3) is 0 Å². The van der Waals surface area contributed by atoms with Gasteiger partial charge in [-0.05, 0) is 96.1 Å². The lowest BCUT2D eigenvalue weighted by Gasteiger charge is -2.27. The van der Waals surface area contributed by atoms with E-state index in [0.29, 0.717) is 0 Å². The van der Waals surface area contributed by atoms with Crippen molar-refractivity contribution in [1.82, 2.24) is 0 Å². The van der Waals surface area contributed by atoms with E-state index < -0.39 is 0 Å². The highest BCUT2D eigenvalue weighted by atomic mass is 15.1. The second-order valence-corrected chi connectivity index (χ2v) is 11.1. The molecule has 222 valence electrons. The molecule has 0 saturated heterocycles. The van der Waals surface area contributed by atoms with Crippen molar-refractivity contribution in [3.8, 4) is 0 Å². The van der Waals surface area contributed by atoms with Crippen LogP contribution in [0.5, 0.6) is 0 Å². The van der Waals surface area contributed by atoms with E-state index in [-0.39, 0.29) is 6.04 Å². The van der Waals surface area contributed by atoms with E-state index in [4.69, 9.17) is 0 Å². The van der Waals surface area contributed by atoms with Crippen LogP contribution in [0.4, 0.5) is 39.8 Å². The fourth-order valence-electron chi connectivity index (χ4n) is 5.89. The first-order chi connectivity index (χ1) is 22.8. The molecule has 0 saturated carbocycles. The summed E-state index contributed by atoms with van der Waals surface area (Å²) >= 11 is 0. The van der Waals surface area contributed by atoms with Crippen molar-refractivity contribution in [1.29, 1.82) is 0 Å². The van der Waals surface area contributed by atoms with Gasteiger partial charge in [0.1, 0.15) is 0 Å². The van der Waals surface area contributed by atoms with Crippen molar-refractivity contribution in [2.45, 2.75) is 6.04 Å². The first-order valence-corrected chi connectivity index (χ1v) is 15.7. The highest BCUT2D eigenvalue weighted by molar-refractivity contribution is 5.78. The SMILES string of the molecule is c1ccc(NC(c2ccc(N(c3ccccc3)c3ccccc3)cc2)c2ccc(N(c3ccccc3)c3ccccc3)cc2)cc1. The predicted octanol–water partition coefficient (Wildman–Crippen LogP) is 11.8. The highest BCUT2D eigenvalue weighted by Crippen LogP contribution is 2.38. The van der Waals surface area contributed by atoms with Gasteiger partial charge in [0.05, 0.1) is 6.04 Å². The number of nitrogens with zero attached hydrogens (tertiary/aromatic N) is 2. The van der Waals surface area contributed by atoms with E-state index in [9.17, 15) is 0 Å². The standard InChI is InChI=1S/C43H35N3/c1-6-16-36(17-7-1)44-43(34-26-30-41(31-27-34)45(37-18-8-2-9-19-37)38-20-10-3-11-21-38)35-28-32-42(33-29-35)46(39-22-12-4-13-23-39)40-24-14-5-15-25-40/h1-33,43-44H. The zero-order chi connectivity index (χ0) is 31.0. The molecule has 3 heteroatoms. The zero-order valence-corrected chi connectivity index (χ0v) is 25.5. The maximum absolute atomic E-state index is 3.81. The maximum atomic E-state index is 3.81. The number of hydrogen-bond donors (Lipinski definition) is 1. The smallest absolute Gasteiger partial charge is 0.0767 e. The van der Waals surface area contributed by atoms with Gasteiger partial charge in [-0.15, -0.1) is 0 Å². The van der Waals surface area contributed by atoms with Gasteiger partial charge in [-0.1, -0.05) is 115 Å². The Bertz CT molecular complexity index is 1720. The lowest BCUT2D eigenvalue weighted by molar-refractivity contribution is 0.939. The van der Waals surface area contributed by atoms with Crippen LogP contribution in [-0.2, 0) is 0 Å². The van der Waals surface area contributed by atoms with Crippen molar-refractivity contribution < 1.29 is 0 Å². The molecule has 0 unspecified atom stereocenters. The van der Waals surface area contributed by atoms with E-state index in [0.717, 1.165) is 39.8 Å². The van der Waals surface area contributed by atoms with Gasteiger partial charge in [0.2, 0.25) is 0 Å². The lowest BCUT2D eigenvalue weighted by Crippen LogP contribution is -2.14. The Labute approximate surface area is 271 Å². The Morgan fingerprint density at radius 3 is 0.848 bits per heavy atom. The third-order valence-corrected chi connectivity index (χ3v) is 8.11. The lowest BCUT2D eigenvalue weighted by atomic mass is 9.97. The van der Waals surface area contributed by atoms with Crippen molar-refractivity contribution in [3.05, 3.63) is 211 Å². The summed E-state index contributed by atoms with van der Waals surface area (Å²) in [5, 5.41) is 3.81. The summed E-state index contributed by atoms with van der Waals surface area (Å²) in [5.74, 6) is 0. The summed E-state index contributed by atoms with van der Waals surface area (Å²) in [6.07, 6.45) is 0. The topological polar surface area (TPSA) is 18.5 Å². The normalized spacial score (nSPS) is 10.8. The quantitative estimate of drug-likeness (QED) is 0.170. The fourth-order valence-corrected chi connectivity index (χ4v) is 5.89. The Morgan fingerprint density at radius 1 is 0.283 bits per heavy atom. The highest BCUT2D eigenvalue weighted by Gasteiger charge is 2.18. The molecular weight excluding hydrogens is 558 g/mol. The second kappa shape index (κ2) is 13.7. The Kier molecular flexibility index (Phi) is 8.55. The molecule has 7 aromatic rings. The molecule has 0 aliphatic rings. The number of anilines is 7. The van der Waals surface area contributed by atoms with Gasteiger partial charge in [0.15, 0.2) is 0 Å². The van der Waals surface area contributed by atoms with Crippen molar-refractivity contribution in [3.63, 3.8) is 0 Å². The molecule has 0 amide bonds. The summed E-state index contributed by atoms with van der Waals surface area (Å²) < 4.78 is 0. The molecule has 0 aromatic heterocycles. The van der Waals surface area contributed by atoms with Crippen LogP contribution in [0.15, 0.2) is 200 Å². The first-order valence-electron chi connectivity index (χ1n) is 15.7. The molecule has 0 radical (unpaired) electrons. The predicted molar refractivity (Wildman–Crippen MR) is 194 cm³/mol. The molecular formula is C43H35N3. The molecule has 3 nitrogen and oxygen atoms in total. The Balaban J connectivity index is 1.25. The van der Waals surface area contributed by atoms with Crippen molar-refractivity contribution >= 4 is 39.8 Å². The third-order valence-electron chi connectivity index (χ3n) is 8.11. The van der Waals surface area contributed by atoms with E-state index in [2.05, 4.69) is 209 Å². The van der Waals surface area contributed by atoms with Crippen LogP contribution in [-0.4, -0.2) is 0 Å². The van der Waals surface area contributed by atoms with E-state index in [1.165, 1.54) is 11.1 Å². The molecule has 0 aliphatic carbocycles. The summed E-state index contributed by atoms with van der Waals surface area (Å²) in [6, 6.07) is 70.3. The number of para-hydroxylation sites is 5. The Morgan fingerprint density at radius 2 is 0.543 bits per heavy atom. The summed E-state index contributed by atoms with van der Waals surface area (Å²) in [7, 11) is 0. The Hall–Kier alpha value is -6.06. The largest absolute Gasteiger partial charge is 0.374 e. The van der Waals surface area contributed by atoms with Crippen LogP contribution in [0.3, 0.4) is 0 Å². The second-order valence-electron chi connectivity index (χ2n) is 11.1. The first kappa shape index (κ1) is 28.7. The van der Waals surface area contributed by atoms with Crippen LogP contribution >= 0.6 is 0 Å². The van der Waals surface area contributed by atoms with E-state index in [1.807, 2.05) is 6.07 Å². The molecule has 0 bridgehead atoms. The van der Waals surface area contributed by atoms with Gasteiger partial charge in [0, 0.05) is 39.8 Å². The van der Waals surface area contributed by atoms with Gasteiger partial charge in [-0.2, -0.15) is 0 Å².